The van der Waals surface area contributed by atoms with E-state index in [2.05, 4.69) is 9.98 Å². The van der Waals surface area contributed by atoms with Crippen LogP contribution in [0.1, 0.15) is 29.5 Å². The largest absolute Gasteiger partial charge is 0.476 e. The summed E-state index contributed by atoms with van der Waals surface area (Å²) in [5, 5.41) is 0.432. The summed E-state index contributed by atoms with van der Waals surface area (Å²) < 4.78 is 38.1. The molecule has 0 spiro atoms. The van der Waals surface area contributed by atoms with Crippen molar-refractivity contribution in [2.45, 2.75) is 50.8 Å². The number of ether oxygens (including phenoxy) is 2. The Morgan fingerprint density at radius 2 is 1.97 bits per heavy atom. The molecule has 2 aliphatic rings. The van der Waals surface area contributed by atoms with E-state index in [-0.39, 0.29) is 29.8 Å². The molecule has 0 aromatic heterocycles. The lowest BCUT2D eigenvalue weighted by Gasteiger charge is -2.16. The highest BCUT2D eigenvalue weighted by Crippen LogP contribution is 2.24. The van der Waals surface area contributed by atoms with Crippen LogP contribution < -0.4 is 0 Å². The number of halogens is 3. The number of aliphatic imine (C=N–C) groups is 2. The topological polar surface area (TPSA) is 43.2 Å². The Balaban J connectivity index is 1.33. The second-order valence-electron chi connectivity index (χ2n) is 7.71. The zero-order valence-corrected chi connectivity index (χ0v) is 17.4. The second-order valence-corrected chi connectivity index (χ2v) is 8.11. The van der Waals surface area contributed by atoms with Gasteiger partial charge in [-0.3, -0.25) is 4.99 Å². The fourth-order valence-corrected chi connectivity index (χ4v) is 4.02. The maximum Gasteiger partial charge on any atom is 0.228 e. The van der Waals surface area contributed by atoms with Crippen molar-refractivity contribution in [3.63, 3.8) is 0 Å². The van der Waals surface area contributed by atoms with Gasteiger partial charge in [0.05, 0.1) is 12.1 Å². The molecule has 3 unspecified atom stereocenters. The molecule has 0 aliphatic carbocycles. The maximum absolute atomic E-state index is 13.5. The van der Waals surface area contributed by atoms with Gasteiger partial charge in [0.15, 0.2) is 12.5 Å². The minimum absolute atomic E-state index is 0.00529. The van der Waals surface area contributed by atoms with Crippen LogP contribution in [0.5, 0.6) is 0 Å². The summed E-state index contributed by atoms with van der Waals surface area (Å²) in [4.78, 5) is 9.11. The van der Waals surface area contributed by atoms with E-state index < -0.39 is 0 Å². The minimum atomic E-state index is -0.339. The van der Waals surface area contributed by atoms with E-state index in [9.17, 15) is 8.78 Å². The molecule has 2 aliphatic heterocycles. The Morgan fingerprint density at radius 1 is 1.10 bits per heavy atom. The number of rotatable bonds is 7. The number of aryl methyl sites for hydroxylation is 3. The molecule has 3 atom stereocenters. The number of hydrogen-bond donors (Lipinski definition) is 0. The zero-order valence-electron chi connectivity index (χ0n) is 16.7. The van der Waals surface area contributed by atoms with Gasteiger partial charge in [0.25, 0.3) is 0 Å². The summed E-state index contributed by atoms with van der Waals surface area (Å²) in [6.07, 6.45) is 4.10. The molecule has 2 heterocycles. The lowest BCUT2D eigenvalue weighted by Crippen LogP contribution is -2.31. The van der Waals surface area contributed by atoms with Crippen LogP contribution in [0.2, 0.25) is 5.02 Å². The lowest BCUT2D eigenvalue weighted by molar-refractivity contribution is 0.210. The van der Waals surface area contributed by atoms with Crippen molar-refractivity contribution in [1.82, 2.24) is 0 Å². The van der Waals surface area contributed by atoms with E-state index >= 15 is 0 Å². The first-order valence-corrected chi connectivity index (χ1v) is 10.4. The number of hydrogen-bond acceptors (Lipinski definition) is 4. The fraction of sp³-hybridized carbons (Fsp3) is 0.391. The smallest absolute Gasteiger partial charge is 0.228 e. The van der Waals surface area contributed by atoms with Crippen molar-refractivity contribution in [1.29, 1.82) is 0 Å². The molecular formula is C23H23ClF2N2O2. The summed E-state index contributed by atoms with van der Waals surface area (Å²) in [5.41, 5.74) is 2.61. The molecule has 0 saturated heterocycles. The normalized spacial score (nSPS) is 22.7. The van der Waals surface area contributed by atoms with Gasteiger partial charge in [-0.1, -0.05) is 29.8 Å². The van der Waals surface area contributed by atoms with E-state index in [1.54, 1.807) is 19.1 Å². The van der Waals surface area contributed by atoms with Crippen LogP contribution in [-0.4, -0.2) is 37.1 Å². The highest BCUT2D eigenvalue weighted by Gasteiger charge is 2.35. The molecule has 30 heavy (non-hydrogen) atoms. The Bertz CT molecular complexity index is 980. The summed E-state index contributed by atoms with van der Waals surface area (Å²) in [5.74, 6) is 0.0389. The predicted molar refractivity (Wildman–Crippen MR) is 114 cm³/mol. The second kappa shape index (κ2) is 9.13. The van der Waals surface area contributed by atoms with Crippen LogP contribution in [0, 0.1) is 18.6 Å². The zero-order chi connectivity index (χ0) is 21.1. The molecule has 0 radical (unpaired) electrons. The Labute approximate surface area is 179 Å². The Hall–Kier alpha value is -2.47. The van der Waals surface area contributed by atoms with Crippen molar-refractivity contribution in [3.05, 3.63) is 69.7 Å². The van der Waals surface area contributed by atoms with Crippen LogP contribution in [0.15, 0.2) is 46.4 Å². The molecular weight excluding hydrogens is 410 g/mol. The van der Waals surface area contributed by atoms with Crippen molar-refractivity contribution in [2.75, 3.05) is 6.61 Å². The van der Waals surface area contributed by atoms with Gasteiger partial charge in [0.1, 0.15) is 18.2 Å². The third kappa shape index (κ3) is 4.81. The number of benzene rings is 2. The molecule has 0 bridgehead atoms. The van der Waals surface area contributed by atoms with Gasteiger partial charge in [0, 0.05) is 5.02 Å². The van der Waals surface area contributed by atoms with Crippen LogP contribution in [0.4, 0.5) is 8.78 Å². The summed E-state index contributed by atoms with van der Waals surface area (Å²) in [6.45, 7) is 2.25. The monoisotopic (exact) mass is 432 g/mol. The minimum Gasteiger partial charge on any atom is -0.476 e. The molecule has 7 heteroatoms. The standard InChI is InChI=1S/C23H23ClF2N2O2/c1-14-10-15(2-8-20(14)26)3-9-21-22(30-13-27-21)23-28-18(12-29-23)7-5-16-4-6-17(25)11-19(16)24/h2,4,6,8,10-11,13,18,21-22H,3,5,7,9,12H2,1H3. The van der Waals surface area contributed by atoms with Gasteiger partial charge in [-0.15, -0.1) is 0 Å². The van der Waals surface area contributed by atoms with Crippen molar-refractivity contribution < 1.29 is 18.3 Å². The average Bonchev–Trinajstić information content (AvgIpc) is 3.37. The Kier molecular flexibility index (Phi) is 6.32. The van der Waals surface area contributed by atoms with Gasteiger partial charge >= 0.3 is 0 Å². The third-order valence-electron chi connectivity index (χ3n) is 5.50. The number of nitrogens with zero attached hydrogens (tertiary/aromatic N) is 2. The van der Waals surface area contributed by atoms with Gasteiger partial charge in [-0.2, -0.15) is 0 Å². The van der Waals surface area contributed by atoms with E-state index in [0.29, 0.717) is 29.5 Å². The Morgan fingerprint density at radius 3 is 2.77 bits per heavy atom. The van der Waals surface area contributed by atoms with Crippen molar-refractivity contribution in [2.24, 2.45) is 9.98 Å². The quantitative estimate of drug-likeness (QED) is 0.612. The molecule has 0 N–H and O–H groups in total. The molecule has 0 fully saturated rings. The molecule has 158 valence electrons. The van der Waals surface area contributed by atoms with Crippen LogP contribution in [0.3, 0.4) is 0 Å². The predicted octanol–water partition coefficient (Wildman–Crippen LogP) is 5.09. The van der Waals surface area contributed by atoms with E-state index in [4.69, 9.17) is 21.1 Å². The van der Waals surface area contributed by atoms with E-state index in [0.717, 1.165) is 30.4 Å². The third-order valence-corrected chi connectivity index (χ3v) is 5.85. The van der Waals surface area contributed by atoms with Crippen molar-refractivity contribution in [3.8, 4) is 0 Å². The summed E-state index contributed by atoms with van der Waals surface area (Å²) in [7, 11) is 0. The molecule has 4 nitrogen and oxygen atoms in total. The average molecular weight is 433 g/mol. The van der Waals surface area contributed by atoms with Crippen LogP contribution in [0.25, 0.3) is 0 Å². The van der Waals surface area contributed by atoms with Gasteiger partial charge in [-0.25, -0.2) is 13.8 Å². The summed E-state index contributed by atoms with van der Waals surface area (Å²) in [6, 6.07) is 9.54. The fourth-order valence-electron chi connectivity index (χ4n) is 3.76. The summed E-state index contributed by atoms with van der Waals surface area (Å²) >= 11 is 6.11. The van der Waals surface area contributed by atoms with Gasteiger partial charge in [-0.05, 0) is 67.5 Å². The first-order valence-electron chi connectivity index (χ1n) is 10.1. The maximum atomic E-state index is 13.5. The highest BCUT2D eigenvalue weighted by molar-refractivity contribution is 6.31. The van der Waals surface area contributed by atoms with E-state index in [1.165, 1.54) is 24.6 Å². The van der Waals surface area contributed by atoms with E-state index in [1.807, 2.05) is 6.07 Å². The first kappa shape index (κ1) is 20.8. The molecule has 2 aromatic rings. The first-order chi connectivity index (χ1) is 14.5. The van der Waals surface area contributed by atoms with Gasteiger partial charge < -0.3 is 9.47 Å². The SMILES string of the molecule is Cc1cc(CCC2N=COC2C2=NC(CCc3ccc(F)cc3Cl)CO2)ccc1F. The molecule has 0 amide bonds. The van der Waals surface area contributed by atoms with Crippen LogP contribution in [-0.2, 0) is 22.3 Å². The highest BCUT2D eigenvalue weighted by atomic mass is 35.5. The molecule has 2 aromatic carbocycles. The molecule has 4 rings (SSSR count). The van der Waals surface area contributed by atoms with Gasteiger partial charge in [0.2, 0.25) is 5.90 Å². The van der Waals surface area contributed by atoms with Crippen molar-refractivity contribution >= 4 is 23.9 Å². The molecule has 0 saturated carbocycles. The van der Waals surface area contributed by atoms with Crippen LogP contribution >= 0.6 is 11.6 Å². The lowest BCUT2D eigenvalue weighted by atomic mass is 10.0.